The molecule has 0 spiro atoms. The number of hydrogen-bond acceptors (Lipinski definition) is 7. The Kier molecular flexibility index (Phi) is 7.51. The molecule has 7 nitrogen and oxygen atoms in total. The summed E-state index contributed by atoms with van der Waals surface area (Å²) in [6.45, 7) is 6.48. The third kappa shape index (κ3) is 5.45. The van der Waals surface area contributed by atoms with Crippen molar-refractivity contribution in [1.29, 1.82) is 0 Å². The number of piperazine rings is 1. The molecule has 2 aromatic carbocycles. The quantitative estimate of drug-likeness (QED) is 0.247. The summed E-state index contributed by atoms with van der Waals surface area (Å²) in [5.41, 5.74) is 4.24. The van der Waals surface area contributed by atoms with Crippen LogP contribution in [0.15, 0.2) is 88.7 Å². The van der Waals surface area contributed by atoms with Crippen molar-refractivity contribution in [2.75, 3.05) is 31.1 Å². The van der Waals surface area contributed by atoms with Gasteiger partial charge in [-0.1, -0.05) is 90.2 Å². The Bertz CT molecular complexity index is 1660. The molecule has 2 aliphatic heterocycles. The number of fused-ring (bicyclic) bond motifs is 1. The molecular formula is C31H29N5O2S2. The monoisotopic (exact) mass is 567 g/mol. The van der Waals surface area contributed by atoms with Gasteiger partial charge in [0.15, 0.2) is 0 Å². The van der Waals surface area contributed by atoms with Gasteiger partial charge in [0.25, 0.3) is 11.5 Å². The second-order valence-corrected chi connectivity index (χ2v) is 11.8. The standard InChI is InChI=1S/C31H29N5O2S2/c1-22-10-12-24(13-11-22)21-36-30(38)26(40-31(36)39)19-25-28(32-27-9-5-6-14-35(27)29(25)37)34-17-15-33(16-18-34)20-23-7-3-2-4-8-23/h2-14,19H,15-18,20-21H2,1H3. The highest BCUT2D eigenvalue weighted by atomic mass is 32.2. The predicted octanol–water partition coefficient (Wildman–Crippen LogP) is 4.73. The Labute approximate surface area is 242 Å². The fourth-order valence-electron chi connectivity index (χ4n) is 5.06. The van der Waals surface area contributed by atoms with E-state index in [0.717, 1.165) is 43.9 Å². The Balaban J connectivity index is 1.29. The number of hydrogen-bond donors (Lipinski definition) is 0. The minimum absolute atomic E-state index is 0.188. The van der Waals surface area contributed by atoms with E-state index in [9.17, 15) is 9.59 Å². The van der Waals surface area contributed by atoms with Crippen LogP contribution in [0.5, 0.6) is 0 Å². The van der Waals surface area contributed by atoms with Crippen LogP contribution >= 0.6 is 24.0 Å². The van der Waals surface area contributed by atoms with Gasteiger partial charge in [-0.05, 0) is 36.3 Å². The maximum atomic E-state index is 13.8. The number of carbonyl (C=O) groups is 1. The van der Waals surface area contributed by atoms with Gasteiger partial charge in [-0.15, -0.1) is 0 Å². The first-order valence-electron chi connectivity index (χ1n) is 13.3. The molecule has 40 heavy (non-hydrogen) atoms. The number of thioether (sulfide) groups is 1. The number of nitrogens with zero attached hydrogens (tertiary/aromatic N) is 5. The second-order valence-electron chi connectivity index (χ2n) is 10.1. The van der Waals surface area contributed by atoms with Crippen molar-refractivity contribution >= 4 is 51.7 Å². The van der Waals surface area contributed by atoms with E-state index in [0.29, 0.717) is 32.8 Å². The number of thiocarbonyl (C=S) groups is 1. The summed E-state index contributed by atoms with van der Waals surface area (Å²) in [4.78, 5) is 38.7. The fourth-order valence-corrected chi connectivity index (χ4v) is 6.30. The number of aryl methyl sites for hydroxylation is 1. The van der Waals surface area contributed by atoms with E-state index >= 15 is 0 Å². The summed E-state index contributed by atoms with van der Waals surface area (Å²) in [5, 5.41) is 0. The van der Waals surface area contributed by atoms with Crippen LogP contribution in [0.25, 0.3) is 11.7 Å². The van der Waals surface area contributed by atoms with Crippen LogP contribution in [0.3, 0.4) is 0 Å². The summed E-state index contributed by atoms with van der Waals surface area (Å²) in [6.07, 6.45) is 3.40. The molecule has 2 aromatic heterocycles. The van der Waals surface area contributed by atoms with Crippen molar-refractivity contribution in [1.82, 2.24) is 19.2 Å². The van der Waals surface area contributed by atoms with Crippen molar-refractivity contribution in [2.24, 2.45) is 0 Å². The fraction of sp³-hybridized carbons (Fsp3) is 0.226. The first-order valence-corrected chi connectivity index (χ1v) is 14.5. The molecule has 0 aliphatic carbocycles. The summed E-state index contributed by atoms with van der Waals surface area (Å²) in [6, 6.07) is 24.0. The molecule has 0 unspecified atom stereocenters. The van der Waals surface area contributed by atoms with Crippen LogP contribution in [0.2, 0.25) is 0 Å². The molecule has 6 rings (SSSR count). The summed E-state index contributed by atoms with van der Waals surface area (Å²) < 4.78 is 2.02. The number of carbonyl (C=O) groups excluding carboxylic acids is 1. The minimum Gasteiger partial charge on any atom is -0.353 e. The van der Waals surface area contributed by atoms with Gasteiger partial charge in [0, 0.05) is 38.9 Å². The van der Waals surface area contributed by atoms with Crippen molar-refractivity contribution in [2.45, 2.75) is 20.0 Å². The third-order valence-electron chi connectivity index (χ3n) is 7.28. The maximum absolute atomic E-state index is 13.8. The molecule has 2 aliphatic rings. The smallest absolute Gasteiger partial charge is 0.267 e. The molecule has 4 aromatic rings. The molecule has 9 heteroatoms. The largest absolute Gasteiger partial charge is 0.353 e. The van der Waals surface area contributed by atoms with Crippen LogP contribution in [0, 0.1) is 6.92 Å². The van der Waals surface area contributed by atoms with Crippen molar-refractivity contribution in [3.63, 3.8) is 0 Å². The van der Waals surface area contributed by atoms with E-state index in [4.69, 9.17) is 17.2 Å². The predicted molar refractivity (Wildman–Crippen MR) is 165 cm³/mol. The number of anilines is 1. The topological polar surface area (TPSA) is 61.2 Å². The molecule has 4 heterocycles. The zero-order chi connectivity index (χ0) is 27.6. The lowest BCUT2D eigenvalue weighted by Gasteiger charge is -2.36. The van der Waals surface area contributed by atoms with Gasteiger partial charge in [-0.3, -0.25) is 23.8 Å². The second kappa shape index (κ2) is 11.4. The molecular weight excluding hydrogens is 539 g/mol. The first kappa shape index (κ1) is 26.4. The van der Waals surface area contributed by atoms with Gasteiger partial charge in [0.2, 0.25) is 0 Å². The maximum Gasteiger partial charge on any atom is 0.267 e. The number of pyridine rings is 1. The molecule has 0 saturated carbocycles. The molecule has 0 N–H and O–H groups in total. The normalized spacial score (nSPS) is 17.4. The third-order valence-corrected chi connectivity index (χ3v) is 8.66. The minimum atomic E-state index is -0.198. The highest BCUT2D eigenvalue weighted by molar-refractivity contribution is 8.26. The Morgan fingerprint density at radius 3 is 2.33 bits per heavy atom. The Morgan fingerprint density at radius 2 is 1.57 bits per heavy atom. The molecule has 1 amide bonds. The Hall–Kier alpha value is -3.79. The Morgan fingerprint density at radius 1 is 0.875 bits per heavy atom. The van der Waals surface area contributed by atoms with Gasteiger partial charge in [0.05, 0.1) is 17.0 Å². The van der Waals surface area contributed by atoms with E-state index in [1.807, 2.05) is 55.5 Å². The van der Waals surface area contributed by atoms with Crippen LogP contribution in [-0.2, 0) is 17.9 Å². The van der Waals surface area contributed by atoms with Crippen LogP contribution < -0.4 is 10.5 Å². The van der Waals surface area contributed by atoms with Crippen molar-refractivity contribution in [3.8, 4) is 0 Å². The highest BCUT2D eigenvalue weighted by Gasteiger charge is 2.33. The molecule has 2 fully saturated rings. The zero-order valence-electron chi connectivity index (χ0n) is 22.2. The molecule has 202 valence electrons. The van der Waals surface area contributed by atoms with E-state index in [1.54, 1.807) is 17.2 Å². The number of benzene rings is 2. The van der Waals surface area contributed by atoms with E-state index in [1.165, 1.54) is 21.7 Å². The van der Waals surface area contributed by atoms with Crippen LogP contribution in [0.4, 0.5) is 5.82 Å². The number of rotatable bonds is 6. The van der Waals surface area contributed by atoms with E-state index in [-0.39, 0.29) is 11.5 Å². The van der Waals surface area contributed by atoms with Gasteiger partial charge >= 0.3 is 0 Å². The van der Waals surface area contributed by atoms with Gasteiger partial charge in [-0.2, -0.15) is 0 Å². The SMILES string of the molecule is Cc1ccc(CN2C(=O)C(=Cc3c(N4CCN(Cc5ccccc5)CC4)nc4ccccn4c3=O)SC2=S)cc1. The van der Waals surface area contributed by atoms with Gasteiger partial charge in [0.1, 0.15) is 15.8 Å². The van der Waals surface area contributed by atoms with E-state index < -0.39 is 0 Å². The number of aromatic nitrogens is 2. The molecule has 2 saturated heterocycles. The average Bonchev–Trinajstić information content (AvgIpc) is 3.24. The first-order chi connectivity index (χ1) is 19.5. The molecule has 0 atom stereocenters. The summed E-state index contributed by atoms with van der Waals surface area (Å²) in [7, 11) is 0. The molecule has 0 bridgehead atoms. The zero-order valence-corrected chi connectivity index (χ0v) is 23.8. The lowest BCUT2D eigenvalue weighted by Crippen LogP contribution is -2.47. The molecule has 0 radical (unpaired) electrons. The summed E-state index contributed by atoms with van der Waals surface area (Å²) in [5.74, 6) is 0.422. The van der Waals surface area contributed by atoms with Crippen molar-refractivity contribution < 1.29 is 4.79 Å². The van der Waals surface area contributed by atoms with Crippen LogP contribution in [0.1, 0.15) is 22.3 Å². The highest BCUT2D eigenvalue weighted by Crippen LogP contribution is 2.34. The number of amides is 1. The van der Waals surface area contributed by atoms with Crippen molar-refractivity contribution in [3.05, 3.63) is 117 Å². The van der Waals surface area contributed by atoms with E-state index in [2.05, 4.69) is 34.1 Å². The lowest BCUT2D eigenvalue weighted by atomic mass is 10.1. The van der Waals surface area contributed by atoms with Gasteiger partial charge < -0.3 is 4.90 Å². The average molecular weight is 568 g/mol. The lowest BCUT2D eigenvalue weighted by molar-refractivity contribution is -0.122. The van der Waals surface area contributed by atoms with Crippen LogP contribution in [-0.4, -0.2) is 55.6 Å². The summed E-state index contributed by atoms with van der Waals surface area (Å²) >= 11 is 6.82. The van der Waals surface area contributed by atoms with Gasteiger partial charge in [-0.25, -0.2) is 4.98 Å².